The molecule has 24 heavy (non-hydrogen) atoms. The number of hydrogen-bond donors (Lipinski definition) is 0. The first-order valence-electron chi connectivity index (χ1n) is 8.10. The van der Waals surface area contributed by atoms with Crippen molar-refractivity contribution in [3.05, 3.63) is 65.7 Å². The van der Waals surface area contributed by atoms with Gasteiger partial charge in [0.25, 0.3) is 0 Å². The van der Waals surface area contributed by atoms with Crippen LogP contribution in [0.25, 0.3) is 0 Å². The number of aryl methyl sites for hydroxylation is 1. The number of rotatable bonds is 5. The van der Waals surface area contributed by atoms with Crippen LogP contribution < -0.4 is 4.90 Å². The summed E-state index contributed by atoms with van der Waals surface area (Å²) in [7, 11) is 0. The number of carbonyl (C=O) groups excluding carboxylic acids is 1. The molecule has 128 valence electrons. The maximum absolute atomic E-state index is 14.2. The first-order valence-corrected chi connectivity index (χ1v) is 8.10. The van der Waals surface area contributed by atoms with Crippen LogP contribution in [0.5, 0.6) is 0 Å². The van der Waals surface area contributed by atoms with Crippen LogP contribution in [-0.2, 0) is 11.2 Å². The summed E-state index contributed by atoms with van der Waals surface area (Å²) in [5.74, 6) is -1.54. The zero-order valence-corrected chi connectivity index (χ0v) is 14.4. The van der Waals surface area contributed by atoms with Crippen molar-refractivity contribution in [1.82, 2.24) is 0 Å². The van der Waals surface area contributed by atoms with Crippen molar-refractivity contribution in [2.75, 3.05) is 11.4 Å². The van der Waals surface area contributed by atoms with Gasteiger partial charge in [0.05, 0.1) is 5.69 Å². The number of hydrogen-bond acceptors (Lipinski definition) is 1. The van der Waals surface area contributed by atoms with Crippen molar-refractivity contribution in [3.63, 3.8) is 0 Å². The molecule has 0 fully saturated rings. The Balaban J connectivity index is 2.18. The van der Waals surface area contributed by atoms with Crippen molar-refractivity contribution in [2.24, 2.45) is 5.41 Å². The van der Waals surface area contributed by atoms with Gasteiger partial charge in [-0.15, -0.1) is 0 Å². The van der Waals surface area contributed by atoms with Gasteiger partial charge in [0.2, 0.25) is 5.91 Å². The van der Waals surface area contributed by atoms with Crippen LogP contribution >= 0.6 is 0 Å². The average molecular weight is 331 g/mol. The molecule has 0 saturated carbocycles. The molecule has 2 rings (SSSR count). The zero-order valence-electron chi connectivity index (χ0n) is 14.4. The van der Waals surface area contributed by atoms with Crippen LogP contribution in [0.15, 0.2) is 48.5 Å². The van der Waals surface area contributed by atoms with Crippen LogP contribution in [0.2, 0.25) is 0 Å². The monoisotopic (exact) mass is 331 g/mol. The fourth-order valence-electron chi connectivity index (χ4n) is 2.52. The molecular weight excluding hydrogens is 308 g/mol. The first-order chi connectivity index (χ1) is 11.3. The summed E-state index contributed by atoms with van der Waals surface area (Å²) in [4.78, 5) is 14.1. The summed E-state index contributed by atoms with van der Waals surface area (Å²) in [5, 5.41) is 0. The van der Waals surface area contributed by atoms with Crippen molar-refractivity contribution < 1.29 is 13.6 Å². The van der Waals surface area contributed by atoms with Gasteiger partial charge in [0, 0.05) is 18.0 Å². The lowest BCUT2D eigenvalue weighted by molar-refractivity contribution is -0.125. The van der Waals surface area contributed by atoms with Gasteiger partial charge in [-0.25, -0.2) is 8.78 Å². The number of nitrogens with zero attached hydrogens (tertiary/aromatic N) is 1. The summed E-state index contributed by atoms with van der Waals surface area (Å²) in [5.41, 5.74) is 0.651. The highest BCUT2D eigenvalue weighted by Gasteiger charge is 2.29. The van der Waals surface area contributed by atoms with Gasteiger partial charge in [-0.2, -0.15) is 0 Å². The third-order valence-electron chi connectivity index (χ3n) is 3.78. The Morgan fingerprint density at radius 1 is 1.04 bits per heavy atom. The second-order valence-corrected chi connectivity index (χ2v) is 6.89. The van der Waals surface area contributed by atoms with Gasteiger partial charge in [-0.3, -0.25) is 4.79 Å². The second kappa shape index (κ2) is 7.56. The largest absolute Gasteiger partial charge is 0.309 e. The maximum atomic E-state index is 14.2. The molecule has 1 amide bonds. The van der Waals surface area contributed by atoms with E-state index in [2.05, 4.69) is 0 Å². The molecule has 0 radical (unpaired) electrons. The SMILES string of the molecule is CC(C)(C)C(=O)N(CCCc1ccccc1)c1ccc(F)cc1F. The number of benzene rings is 2. The molecule has 0 spiro atoms. The molecule has 0 heterocycles. The van der Waals surface area contributed by atoms with E-state index in [1.54, 1.807) is 20.8 Å². The minimum atomic E-state index is -0.715. The lowest BCUT2D eigenvalue weighted by Crippen LogP contribution is -2.41. The topological polar surface area (TPSA) is 20.3 Å². The summed E-state index contributed by atoms with van der Waals surface area (Å²) in [6.45, 7) is 5.76. The summed E-state index contributed by atoms with van der Waals surface area (Å²) >= 11 is 0. The standard InChI is InChI=1S/C20H23F2NO/c1-20(2,3)19(24)23(18-12-11-16(21)14-17(18)22)13-7-10-15-8-5-4-6-9-15/h4-6,8-9,11-12,14H,7,10,13H2,1-3H3. The van der Waals surface area contributed by atoms with Crippen LogP contribution in [0.3, 0.4) is 0 Å². The third kappa shape index (κ3) is 4.63. The lowest BCUT2D eigenvalue weighted by Gasteiger charge is -2.30. The molecule has 0 bridgehead atoms. The zero-order chi connectivity index (χ0) is 17.7. The number of amides is 1. The van der Waals surface area contributed by atoms with E-state index in [0.29, 0.717) is 13.0 Å². The highest BCUT2D eigenvalue weighted by atomic mass is 19.1. The summed E-state index contributed by atoms with van der Waals surface area (Å²) in [6, 6.07) is 13.3. The molecule has 0 saturated heterocycles. The third-order valence-corrected chi connectivity index (χ3v) is 3.78. The van der Waals surface area contributed by atoms with Gasteiger partial charge in [-0.05, 0) is 30.5 Å². The molecule has 4 heteroatoms. The predicted molar refractivity (Wildman–Crippen MR) is 92.9 cm³/mol. The Bertz CT molecular complexity index is 693. The van der Waals surface area contributed by atoms with E-state index in [4.69, 9.17) is 0 Å². The Kier molecular flexibility index (Phi) is 5.71. The van der Waals surface area contributed by atoms with E-state index >= 15 is 0 Å². The van der Waals surface area contributed by atoms with Gasteiger partial charge < -0.3 is 4.90 Å². The summed E-state index contributed by atoms with van der Waals surface area (Å²) < 4.78 is 27.3. The predicted octanol–water partition coefficient (Wildman–Crippen LogP) is 4.98. The van der Waals surface area contributed by atoms with Crippen LogP contribution in [0, 0.1) is 17.0 Å². The fourth-order valence-corrected chi connectivity index (χ4v) is 2.52. The molecule has 0 aliphatic heterocycles. The number of halogens is 2. The van der Waals surface area contributed by atoms with Crippen LogP contribution in [0.1, 0.15) is 32.8 Å². The Hall–Kier alpha value is -2.23. The minimum absolute atomic E-state index is 0.129. The Labute approximate surface area is 142 Å². The normalized spacial score (nSPS) is 11.4. The molecule has 0 aliphatic rings. The van der Waals surface area contributed by atoms with Gasteiger partial charge >= 0.3 is 0 Å². The molecule has 2 aromatic carbocycles. The molecule has 0 aromatic heterocycles. The van der Waals surface area contributed by atoms with E-state index in [9.17, 15) is 13.6 Å². The molecular formula is C20H23F2NO. The smallest absolute Gasteiger partial charge is 0.232 e. The van der Waals surface area contributed by atoms with Gasteiger partial charge in [0.15, 0.2) is 0 Å². The van der Waals surface area contributed by atoms with E-state index < -0.39 is 17.0 Å². The maximum Gasteiger partial charge on any atom is 0.232 e. The summed E-state index contributed by atoms with van der Waals surface area (Å²) in [6.07, 6.45) is 1.49. The molecule has 2 nitrogen and oxygen atoms in total. The highest BCUT2D eigenvalue weighted by Crippen LogP contribution is 2.26. The molecule has 2 aromatic rings. The van der Waals surface area contributed by atoms with Crippen molar-refractivity contribution in [2.45, 2.75) is 33.6 Å². The van der Waals surface area contributed by atoms with Crippen molar-refractivity contribution in [1.29, 1.82) is 0 Å². The minimum Gasteiger partial charge on any atom is -0.309 e. The van der Waals surface area contributed by atoms with Crippen LogP contribution in [0.4, 0.5) is 14.5 Å². The molecule has 0 aliphatic carbocycles. The quantitative estimate of drug-likeness (QED) is 0.757. The lowest BCUT2D eigenvalue weighted by atomic mass is 9.94. The second-order valence-electron chi connectivity index (χ2n) is 6.89. The average Bonchev–Trinajstić information content (AvgIpc) is 2.52. The molecule has 0 N–H and O–H groups in total. The highest BCUT2D eigenvalue weighted by molar-refractivity contribution is 5.97. The van der Waals surface area contributed by atoms with Gasteiger partial charge in [-0.1, -0.05) is 51.1 Å². The van der Waals surface area contributed by atoms with E-state index in [-0.39, 0.29) is 11.6 Å². The van der Waals surface area contributed by atoms with Crippen molar-refractivity contribution in [3.8, 4) is 0 Å². The van der Waals surface area contributed by atoms with E-state index in [1.165, 1.54) is 22.6 Å². The Morgan fingerprint density at radius 3 is 2.29 bits per heavy atom. The molecule has 0 atom stereocenters. The Morgan fingerprint density at radius 2 is 1.71 bits per heavy atom. The van der Waals surface area contributed by atoms with Crippen molar-refractivity contribution >= 4 is 11.6 Å². The fraction of sp³-hybridized carbons (Fsp3) is 0.350. The number of carbonyl (C=O) groups is 1. The molecule has 0 unspecified atom stereocenters. The van der Waals surface area contributed by atoms with Crippen LogP contribution in [-0.4, -0.2) is 12.5 Å². The van der Waals surface area contributed by atoms with Gasteiger partial charge in [0.1, 0.15) is 11.6 Å². The number of anilines is 1. The first kappa shape index (κ1) is 18.1. The van der Waals surface area contributed by atoms with E-state index in [0.717, 1.165) is 12.5 Å². The van der Waals surface area contributed by atoms with E-state index in [1.807, 2.05) is 30.3 Å².